The second-order valence-electron chi connectivity index (χ2n) is 12.5. The molecular formula is C28H41N3O3. The van der Waals surface area contributed by atoms with Gasteiger partial charge in [0.25, 0.3) is 0 Å². The van der Waals surface area contributed by atoms with Crippen molar-refractivity contribution in [3.63, 3.8) is 0 Å². The smallest absolute Gasteiger partial charge is 0.162 e. The topological polar surface area (TPSA) is 88.1 Å². The summed E-state index contributed by atoms with van der Waals surface area (Å²) in [6.07, 6.45) is 12.7. The number of aromatic nitrogens is 2. The average Bonchev–Trinajstić information content (AvgIpc) is 3.40. The third-order valence-electron chi connectivity index (χ3n) is 10.9. The number of hydrogen-bond acceptors (Lipinski definition) is 5. The molecule has 0 bridgehead atoms. The van der Waals surface area contributed by atoms with E-state index >= 15 is 0 Å². The molecule has 4 aliphatic rings. The summed E-state index contributed by atoms with van der Waals surface area (Å²) < 4.78 is 7.25. The van der Waals surface area contributed by atoms with E-state index in [0.717, 1.165) is 51.6 Å². The monoisotopic (exact) mass is 467 g/mol. The second-order valence-corrected chi connectivity index (χ2v) is 12.5. The van der Waals surface area contributed by atoms with Gasteiger partial charge in [-0.2, -0.15) is 10.4 Å². The van der Waals surface area contributed by atoms with Crippen LogP contribution < -0.4 is 0 Å². The van der Waals surface area contributed by atoms with Crippen molar-refractivity contribution in [2.45, 2.75) is 90.2 Å². The molecule has 1 aromatic rings. The Morgan fingerprint density at radius 3 is 2.76 bits per heavy atom. The Morgan fingerprint density at radius 2 is 2.03 bits per heavy atom. The first-order valence-electron chi connectivity index (χ1n) is 13.4. The van der Waals surface area contributed by atoms with E-state index < -0.39 is 5.60 Å². The fraction of sp³-hybridized carbons (Fsp3) is 0.821. The largest absolute Gasteiger partial charge is 0.390 e. The van der Waals surface area contributed by atoms with Crippen LogP contribution in [0.25, 0.3) is 0 Å². The first kappa shape index (κ1) is 24.0. The van der Waals surface area contributed by atoms with E-state index in [1.54, 1.807) is 16.9 Å². The van der Waals surface area contributed by atoms with Crippen molar-refractivity contribution in [1.29, 1.82) is 5.26 Å². The molecule has 6 nitrogen and oxygen atoms in total. The first-order valence-corrected chi connectivity index (χ1v) is 13.4. The number of ether oxygens (including phenoxy) is 1. The minimum absolute atomic E-state index is 0.0684. The Kier molecular flexibility index (Phi) is 6.18. The third kappa shape index (κ3) is 3.84. The molecule has 0 amide bonds. The number of ketones is 1. The van der Waals surface area contributed by atoms with Gasteiger partial charge in [-0.15, -0.1) is 0 Å². The number of fused-ring (bicyclic) bond motifs is 5. The molecule has 5 rings (SSSR count). The Morgan fingerprint density at radius 1 is 1.21 bits per heavy atom. The van der Waals surface area contributed by atoms with Crippen LogP contribution in [0.15, 0.2) is 12.3 Å². The van der Waals surface area contributed by atoms with Crippen LogP contribution in [0.4, 0.5) is 0 Å². The number of carbonyl (C=O) groups is 1. The minimum Gasteiger partial charge on any atom is -0.390 e. The summed E-state index contributed by atoms with van der Waals surface area (Å²) in [5, 5.41) is 24.2. The van der Waals surface area contributed by atoms with Crippen LogP contribution in [0.5, 0.6) is 0 Å². The van der Waals surface area contributed by atoms with Gasteiger partial charge >= 0.3 is 0 Å². The van der Waals surface area contributed by atoms with E-state index in [-0.39, 0.29) is 29.1 Å². The molecule has 0 aliphatic heterocycles. The predicted octanol–water partition coefficient (Wildman–Crippen LogP) is 4.75. The summed E-state index contributed by atoms with van der Waals surface area (Å²) in [7, 11) is 1.81. The fourth-order valence-electron chi connectivity index (χ4n) is 9.33. The van der Waals surface area contributed by atoms with Gasteiger partial charge in [-0.1, -0.05) is 6.92 Å². The molecule has 6 heteroatoms. The van der Waals surface area contributed by atoms with Crippen molar-refractivity contribution in [2.75, 3.05) is 13.7 Å². The van der Waals surface area contributed by atoms with Gasteiger partial charge in [0, 0.05) is 25.8 Å². The summed E-state index contributed by atoms with van der Waals surface area (Å²) in [6.45, 7) is 5.51. The molecule has 1 heterocycles. The van der Waals surface area contributed by atoms with Crippen LogP contribution in [0.3, 0.4) is 0 Å². The number of Topliss-reactive ketones (excluding diaryl/α,β-unsaturated/α-hetero) is 1. The van der Waals surface area contributed by atoms with Gasteiger partial charge in [-0.05, 0) is 112 Å². The van der Waals surface area contributed by atoms with E-state index in [1.807, 2.05) is 14.0 Å². The maximum absolute atomic E-state index is 13.4. The van der Waals surface area contributed by atoms with Crippen molar-refractivity contribution in [1.82, 2.24) is 9.78 Å². The van der Waals surface area contributed by atoms with Gasteiger partial charge in [0.1, 0.15) is 6.07 Å². The lowest BCUT2D eigenvalue weighted by molar-refractivity contribution is -0.163. The van der Waals surface area contributed by atoms with Crippen LogP contribution in [0.1, 0.15) is 83.7 Å². The van der Waals surface area contributed by atoms with Crippen LogP contribution in [-0.4, -0.2) is 40.0 Å². The highest BCUT2D eigenvalue weighted by atomic mass is 16.5. The highest BCUT2D eigenvalue weighted by molar-refractivity contribution is 5.82. The van der Waals surface area contributed by atoms with Crippen molar-refractivity contribution in [3.8, 4) is 6.07 Å². The highest BCUT2D eigenvalue weighted by Gasteiger charge is 2.62. The normalized spacial score (nSPS) is 43.4. The van der Waals surface area contributed by atoms with Gasteiger partial charge in [0.15, 0.2) is 11.5 Å². The Hall–Kier alpha value is -1.71. The number of rotatable bonds is 6. The molecule has 34 heavy (non-hydrogen) atoms. The summed E-state index contributed by atoms with van der Waals surface area (Å²) in [4.78, 5) is 13.4. The number of nitriles is 1. The van der Waals surface area contributed by atoms with Gasteiger partial charge in [0.2, 0.25) is 0 Å². The van der Waals surface area contributed by atoms with Crippen LogP contribution >= 0.6 is 0 Å². The molecule has 0 saturated heterocycles. The van der Waals surface area contributed by atoms with Gasteiger partial charge < -0.3 is 9.84 Å². The van der Waals surface area contributed by atoms with Crippen molar-refractivity contribution >= 4 is 5.78 Å². The quantitative estimate of drug-likeness (QED) is 0.652. The number of nitrogens with zero attached hydrogens (tertiary/aromatic N) is 3. The number of aliphatic hydroxyl groups is 1. The number of methoxy groups -OCH3 is 1. The molecule has 0 aromatic carbocycles. The summed E-state index contributed by atoms with van der Waals surface area (Å²) in [5.41, 5.74) is 0.195. The summed E-state index contributed by atoms with van der Waals surface area (Å²) >= 11 is 0. The molecule has 8 atom stereocenters. The molecule has 1 aromatic heterocycles. The summed E-state index contributed by atoms with van der Waals surface area (Å²) in [5.74, 6) is 2.94. The summed E-state index contributed by atoms with van der Waals surface area (Å²) in [6, 6.07) is 3.73. The van der Waals surface area contributed by atoms with Crippen LogP contribution in [0.2, 0.25) is 0 Å². The number of hydrogen-bond donors (Lipinski definition) is 1. The lowest BCUT2D eigenvalue weighted by Crippen LogP contribution is -2.57. The van der Waals surface area contributed by atoms with Crippen molar-refractivity contribution in [2.24, 2.45) is 40.4 Å². The molecule has 0 radical (unpaired) electrons. The zero-order valence-electron chi connectivity index (χ0n) is 21.1. The van der Waals surface area contributed by atoms with E-state index in [1.165, 1.54) is 19.3 Å². The van der Waals surface area contributed by atoms with E-state index in [4.69, 9.17) is 10.00 Å². The fourth-order valence-corrected chi connectivity index (χ4v) is 9.33. The molecule has 186 valence electrons. The van der Waals surface area contributed by atoms with E-state index in [9.17, 15) is 9.90 Å². The van der Waals surface area contributed by atoms with E-state index in [0.29, 0.717) is 29.4 Å². The van der Waals surface area contributed by atoms with Gasteiger partial charge in [-0.25, -0.2) is 0 Å². The lowest BCUT2D eigenvalue weighted by Gasteiger charge is -2.63. The van der Waals surface area contributed by atoms with E-state index in [2.05, 4.69) is 18.1 Å². The Balaban J connectivity index is 1.36. The lowest BCUT2D eigenvalue weighted by atomic mass is 9.42. The molecule has 4 aliphatic carbocycles. The van der Waals surface area contributed by atoms with Gasteiger partial charge in [-0.3, -0.25) is 9.48 Å². The van der Waals surface area contributed by atoms with Crippen molar-refractivity contribution < 1.29 is 14.6 Å². The predicted molar refractivity (Wildman–Crippen MR) is 129 cm³/mol. The molecule has 4 fully saturated rings. The zero-order valence-corrected chi connectivity index (χ0v) is 21.1. The van der Waals surface area contributed by atoms with Crippen molar-refractivity contribution in [3.05, 3.63) is 18.0 Å². The molecule has 1 N–H and O–H groups in total. The number of carbonyl (C=O) groups excluding carboxylic acids is 1. The average molecular weight is 468 g/mol. The standard InChI is InChI=1S/C28H41N3O3/c1-26(33)11-12-28(13-15-34-3)19(16-26)4-5-21-22-6-7-24(27(22,2)10-8-23(21)28)25(32)18-31-14-9-20(17-29)30-31/h9,14,19,21-24,33H,4-8,10-13,15-16,18H2,1-3H3. The zero-order chi connectivity index (χ0) is 24.1. The first-order chi connectivity index (χ1) is 16.2. The van der Waals surface area contributed by atoms with Crippen LogP contribution in [-0.2, 0) is 16.1 Å². The molecule has 8 unspecified atom stereocenters. The Bertz CT molecular complexity index is 964. The van der Waals surface area contributed by atoms with Gasteiger partial charge in [0.05, 0.1) is 12.1 Å². The Labute approximate surface area is 204 Å². The highest BCUT2D eigenvalue weighted by Crippen LogP contribution is 2.69. The SMILES string of the molecule is COCCC12CCC(C)(O)CC1CCC1C3CCC(C(=O)Cn4ccc(C#N)n4)C3(C)CCC12. The molecule has 0 spiro atoms. The minimum atomic E-state index is -0.528. The maximum Gasteiger partial charge on any atom is 0.162 e. The van der Waals surface area contributed by atoms with Crippen LogP contribution in [0, 0.1) is 51.8 Å². The molecule has 4 saturated carbocycles. The second kappa shape index (κ2) is 8.75. The molecular weight excluding hydrogens is 426 g/mol. The maximum atomic E-state index is 13.4. The third-order valence-corrected chi connectivity index (χ3v) is 10.9.